The first-order valence-electron chi connectivity index (χ1n) is 7.79. The molecular weight excluding hydrogens is 316 g/mol. The fourth-order valence-corrected chi connectivity index (χ4v) is 2.85. The summed E-state index contributed by atoms with van der Waals surface area (Å²) in [7, 11) is 0. The Morgan fingerprint density at radius 2 is 2.04 bits per heavy atom. The van der Waals surface area contributed by atoms with Crippen LogP contribution in [-0.4, -0.2) is 46.0 Å². The van der Waals surface area contributed by atoms with E-state index in [1.54, 1.807) is 11.0 Å². The van der Waals surface area contributed by atoms with E-state index in [-0.39, 0.29) is 23.3 Å². The molecule has 23 heavy (non-hydrogen) atoms. The smallest absolute Gasteiger partial charge is 0.272 e. The van der Waals surface area contributed by atoms with Crippen LogP contribution in [-0.2, 0) is 10.2 Å². The van der Waals surface area contributed by atoms with Gasteiger partial charge in [-0.05, 0) is 18.9 Å². The highest BCUT2D eigenvalue weighted by molar-refractivity contribution is 6.33. The summed E-state index contributed by atoms with van der Waals surface area (Å²) < 4.78 is 0. The minimum Gasteiger partial charge on any atom is -0.344 e. The molecule has 2 amide bonds. The van der Waals surface area contributed by atoms with Gasteiger partial charge >= 0.3 is 0 Å². The van der Waals surface area contributed by atoms with Crippen molar-refractivity contribution in [2.45, 2.75) is 45.1 Å². The zero-order valence-corrected chi connectivity index (χ0v) is 14.3. The van der Waals surface area contributed by atoms with Gasteiger partial charge in [0, 0.05) is 34.8 Å². The minimum atomic E-state index is -0.213. The van der Waals surface area contributed by atoms with Crippen molar-refractivity contribution in [1.82, 2.24) is 20.4 Å². The van der Waals surface area contributed by atoms with Crippen molar-refractivity contribution < 1.29 is 9.59 Å². The number of hydrogen-bond acceptors (Lipinski definition) is 3. The Balaban J connectivity index is 1.52. The third-order valence-corrected chi connectivity index (χ3v) is 4.72. The molecule has 1 aromatic heterocycles. The Bertz CT molecular complexity index is 680. The third-order valence-electron chi connectivity index (χ3n) is 4.30. The number of aromatic amines is 1. The van der Waals surface area contributed by atoms with Gasteiger partial charge in [-0.25, -0.2) is 0 Å². The number of aromatic nitrogens is 2. The number of nitrogens with zero attached hydrogens (tertiary/aromatic N) is 2. The molecule has 0 atom stereocenters. The maximum absolute atomic E-state index is 12.2. The predicted molar refractivity (Wildman–Crippen MR) is 87.2 cm³/mol. The Labute approximate surface area is 140 Å². The van der Waals surface area contributed by atoms with Gasteiger partial charge in [0.1, 0.15) is 5.69 Å². The van der Waals surface area contributed by atoms with E-state index in [2.05, 4.69) is 36.3 Å². The zero-order valence-electron chi connectivity index (χ0n) is 13.6. The van der Waals surface area contributed by atoms with Crippen LogP contribution in [0.4, 0.5) is 0 Å². The molecule has 0 aromatic carbocycles. The molecule has 2 aliphatic rings. The summed E-state index contributed by atoms with van der Waals surface area (Å²) in [5.74, 6) is -0.212. The highest BCUT2D eigenvalue weighted by Crippen LogP contribution is 2.33. The summed E-state index contributed by atoms with van der Waals surface area (Å²) >= 11 is 5.93. The summed E-state index contributed by atoms with van der Waals surface area (Å²) in [4.78, 5) is 26.0. The average molecular weight is 337 g/mol. The maximum atomic E-state index is 12.2. The lowest BCUT2D eigenvalue weighted by Gasteiger charge is -2.40. The lowest BCUT2D eigenvalue weighted by atomic mass is 9.92. The van der Waals surface area contributed by atoms with Crippen LogP contribution in [0.5, 0.6) is 0 Å². The molecule has 0 bridgehead atoms. The molecule has 0 spiro atoms. The topological polar surface area (TPSA) is 78.1 Å². The number of hydrogen-bond donors (Lipinski definition) is 2. The van der Waals surface area contributed by atoms with Gasteiger partial charge < -0.3 is 10.2 Å². The Hall–Kier alpha value is -1.82. The second-order valence-corrected chi connectivity index (χ2v) is 7.64. The molecule has 1 aliphatic carbocycles. The van der Waals surface area contributed by atoms with Crippen LogP contribution in [0.2, 0.25) is 0 Å². The summed E-state index contributed by atoms with van der Waals surface area (Å²) in [5.41, 5.74) is 1.93. The number of rotatable bonds is 3. The number of halogens is 1. The zero-order chi connectivity index (χ0) is 16.8. The van der Waals surface area contributed by atoms with Crippen LogP contribution >= 0.6 is 11.6 Å². The van der Waals surface area contributed by atoms with Gasteiger partial charge in [-0.3, -0.25) is 14.7 Å². The quantitative estimate of drug-likeness (QED) is 0.885. The summed E-state index contributed by atoms with van der Waals surface area (Å²) in [5, 5.41) is 10.5. The SMILES string of the molecule is CC(C)(C)c1cc(C(=O)NC2CN(C(=O)C3=C(Cl)CC3)C2)n[nH]1. The summed E-state index contributed by atoms with van der Waals surface area (Å²) in [6.07, 6.45) is 1.56. The first-order valence-corrected chi connectivity index (χ1v) is 8.17. The van der Waals surface area contributed by atoms with Gasteiger partial charge in [0.25, 0.3) is 11.8 Å². The van der Waals surface area contributed by atoms with Crippen molar-refractivity contribution in [2.24, 2.45) is 0 Å². The monoisotopic (exact) mass is 336 g/mol. The van der Waals surface area contributed by atoms with Crippen molar-refractivity contribution in [3.8, 4) is 0 Å². The first-order chi connectivity index (χ1) is 10.8. The van der Waals surface area contributed by atoms with Crippen molar-refractivity contribution in [3.63, 3.8) is 0 Å². The van der Waals surface area contributed by atoms with Crippen LogP contribution in [0.25, 0.3) is 0 Å². The molecule has 1 aliphatic heterocycles. The lowest BCUT2D eigenvalue weighted by molar-refractivity contribution is -0.132. The molecule has 2 heterocycles. The van der Waals surface area contributed by atoms with E-state index >= 15 is 0 Å². The normalized spacial score (nSPS) is 18.5. The molecule has 6 nitrogen and oxygen atoms in total. The summed E-state index contributed by atoms with van der Waals surface area (Å²) in [6.45, 7) is 7.21. The van der Waals surface area contributed by atoms with E-state index in [4.69, 9.17) is 11.6 Å². The number of allylic oxidation sites excluding steroid dienone is 1. The number of H-pyrrole nitrogens is 1. The molecule has 124 valence electrons. The fraction of sp³-hybridized carbons (Fsp3) is 0.562. The lowest BCUT2D eigenvalue weighted by Crippen LogP contribution is -2.61. The second-order valence-electron chi connectivity index (χ2n) is 7.18. The standard InChI is InChI=1S/C16H21ClN4O2/c1-16(2,3)13-6-12(19-20-13)14(22)18-9-7-21(8-9)15(23)10-4-5-11(10)17/h6,9H,4-5,7-8H2,1-3H3,(H,18,22)(H,19,20). The van der Waals surface area contributed by atoms with E-state index in [9.17, 15) is 9.59 Å². The van der Waals surface area contributed by atoms with E-state index < -0.39 is 0 Å². The molecule has 0 radical (unpaired) electrons. The second kappa shape index (κ2) is 5.67. The third kappa shape index (κ3) is 3.13. The van der Waals surface area contributed by atoms with Gasteiger partial charge in [0.2, 0.25) is 0 Å². The van der Waals surface area contributed by atoms with Crippen LogP contribution in [0.15, 0.2) is 16.7 Å². The molecule has 0 unspecified atom stereocenters. The fourth-order valence-electron chi connectivity index (χ4n) is 2.58. The minimum absolute atomic E-state index is 0.00142. The van der Waals surface area contributed by atoms with Crippen molar-refractivity contribution in [1.29, 1.82) is 0 Å². The van der Waals surface area contributed by atoms with Gasteiger partial charge in [0.05, 0.1) is 6.04 Å². The number of nitrogens with one attached hydrogen (secondary N) is 2. The van der Waals surface area contributed by atoms with E-state index in [0.717, 1.165) is 24.1 Å². The highest BCUT2D eigenvalue weighted by Gasteiger charge is 2.36. The highest BCUT2D eigenvalue weighted by atomic mass is 35.5. The van der Waals surface area contributed by atoms with Crippen LogP contribution in [0.1, 0.15) is 49.8 Å². The first kappa shape index (κ1) is 16.1. The van der Waals surface area contributed by atoms with Crippen molar-refractivity contribution in [3.05, 3.63) is 28.1 Å². The average Bonchev–Trinajstić information content (AvgIpc) is 2.89. The van der Waals surface area contributed by atoms with Crippen LogP contribution in [0.3, 0.4) is 0 Å². The van der Waals surface area contributed by atoms with E-state index in [0.29, 0.717) is 23.8 Å². The van der Waals surface area contributed by atoms with Crippen LogP contribution in [0, 0.1) is 0 Å². The molecular formula is C16H21ClN4O2. The molecule has 2 N–H and O–H groups in total. The van der Waals surface area contributed by atoms with E-state index in [1.807, 2.05) is 0 Å². The van der Waals surface area contributed by atoms with Gasteiger partial charge in [0.15, 0.2) is 0 Å². The molecule has 7 heteroatoms. The number of carbonyl (C=O) groups excluding carboxylic acids is 2. The van der Waals surface area contributed by atoms with E-state index in [1.165, 1.54) is 0 Å². The Kier molecular flexibility index (Phi) is 3.96. The van der Waals surface area contributed by atoms with Gasteiger partial charge in [-0.1, -0.05) is 32.4 Å². The molecule has 1 saturated heterocycles. The molecule has 1 fully saturated rings. The molecule has 3 rings (SSSR count). The Morgan fingerprint density at radius 1 is 1.35 bits per heavy atom. The van der Waals surface area contributed by atoms with Gasteiger partial charge in [-0.2, -0.15) is 5.10 Å². The Morgan fingerprint density at radius 3 is 2.52 bits per heavy atom. The molecule has 1 aromatic rings. The summed E-state index contributed by atoms with van der Waals surface area (Å²) in [6, 6.07) is 1.75. The number of amides is 2. The van der Waals surface area contributed by atoms with Crippen LogP contribution < -0.4 is 5.32 Å². The molecule has 0 saturated carbocycles. The largest absolute Gasteiger partial charge is 0.344 e. The van der Waals surface area contributed by atoms with Gasteiger partial charge in [-0.15, -0.1) is 0 Å². The predicted octanol–water partition coefficient (Wildman–Crippen LogP) is 1.93. The van der Waals surface area contributed by atoms with Crippen molar-refractivity contribution in [2.75, 3.05) is 13.1 Å². The number of carbonyl (C=O) groups is 2. The maximum Gasteiger partial charge on any atom is 0.272 e. The van der Waals surface area contributed by atoms with Crippen molar-refractivity contribution >= 4 is 23.4 Å². The number of likely N-dealkylation sites (tertiary alicyclic amines) is 1.